The van der Waals surface area contributed by atoms with Crippen LogP contribution in [0.2, 0.25) is 5.15 Å². The van der Waals surface area contributed by atoms with Gasteiger partial charge >= 0.3 is 0 Å². The highest BCUT2D eigenvalue weighted by atomic mass is 35.5. The number of nitrogen functional groups attached to an aromatic ring is 1. The number of hydrogen-bond donors (Lipinski definition) is 2. The number of carbonyl (C=O) groups excluding carboxylic acids is 1. The minimum Gasteiger partial charge on any atom is -0.393 e. The number of aromatic nitrogens is 2. The molecule has 98 valence electrons. The van der Waals surface area contributed by atoms with Gasteiger partial charge in [0.25, 0.3) is 0 Å². The summed E-state index contributed by atoms with van der Waals surface area (Å²) in [5.41, 5.74) is 5.97. The van der Waals surface area contributed by atoms with Gasteiger partial charge in [-0.05, 0) is 19.3 Å². The summed E-state index contributed by atoms with van der Waals surface area (Å²) >= 11 is 5.77. The fraction of sp³-hybridized carbons (Fsp3) is 0.545. The molecule has 1 fully saturated rings. The minimum atomic E-state index is 0.0591. The summed E-state index contributed by atoms with van der Waals surface area (Å²) in [6.07, 6.45) is 4.67. The van der Waals surface area contributed by atoms with E-state index >= 15 is 0 Å². The maximum Gasteiger partial charge on any atom is 0.241 e. The number of nitrogens with two attached hydrogens (primary N) is 1. The van der Waals surface area contributed by atoms with E-state index in [1.165, 1.54) is 12.7 Å². The number of hydrogen-bond acceptors (Lipinski definition) is 5. The molecule has 7 heteroatoms. The van der Waals surface area contributed by atoms with E-state index in [0.717, 1.165) is 25.9 Å². The zero-order valence-corrected chi connectivity index (χ0v) is 10.8. The third kappa shape index (κ3) is 3.01. The number of nitrogens with one attached hydrogen (secondary N) is 1. The number of halogens is 1. The summed E-state index contributed by atoms with van der Waals surface area (Å²) < 4.78 is 0. The van der Waals surface area contributed by atoms with Crippen molar-refractivity contribution in [1.82, 2.24) is 14.9 Å². The summed E-state index contributed by atoms with van der Waals surface area (Å²) in [5.74, 6) is 0.462. The van der Waals surface area contributed by atoms with E-state index in [1.807, 2.05) is 4.90 Å². The number of amides is 1. The van der Waals surface area contributed by atoms with E-state index < -0.39 is 0 Å². The molecule has 0 saturated carbocycles. The second-order valence-corrected chi connectivity index (χ2v) is 4.58. The summed E-state index contributed by atoms with van der Waals surface area (Å²) in [5, 5.41) is 3.09. The van der Waals surface area contributed by atoms with Gasteiger partial charge in [0.15, 0.2) is 11.0 Å². The number of carbonyl (C=O) groups is 1. The Morgan fingerprint density at radius 1 is 1.39 bits per heavy atom. The third-order valence-electron chi connectivity index (χ3n) is 2.95. The predicted molar refractivity (Wildman–Crippen MR) is 70.4 cm³/mol. The van der Waals surface area contributed by atoms with E-state index in [1.54, 1.807) is 0 Å². The van der Waals surface area contributed by atoms with Crippen LogP contribution in [0.25, 0.3) is 0 Å². The van der Waals surface area contributed by atoms with Crippen molar-refractivity contribution >= 4 is 29.0 Å². The van der Waals surface area contributed by atoms with Crippen molar-refractivity contribution in [3.63, 3.8) is 0 Å². The van der Waals surface area contributed by atoms with Gasteiger partial charge in [0, 0.05) is 13.1 Å². The van der Waals surface area contributed by atoms with E-state index in [4.69, 9.17) is 17.3 Å². The van der Waals surface area contributed by atoms with Gasteiger partial charge in [-0.15, -0.1) is 0 Å². The molecule has 0 spiro atoms. The highest BCUT2D eigenvalue weighted by molar-refractivity contribution is 6.32. The molecular formula is C11H16ClN5O. The first kappa shape index (κ1) is 12.9. The Labute approximate surface area is 111 Å². The lowest BCUT2D eigenvalue weighted by Gasteiger charge is -2.26. The Hall–Kier alpha value is -1.56. The molecule has 3 N–H and O–H groups in total. The maximum absolute atomic E-state index is 11.9. The topological polar surface area (TPSA) is 84.1 Å². The lowest BCUT2D eigenvalue weighted by molar-refractivity contribution is -0.130. The van der Waals surface area contributed by atoms with E-state index in [2.05, 4.69) is 15.3 Å². The molecule has 1 aromatic heterocycles. The third-order valence-corrected chi connectivity index (χ3v) is 3.25. The zero-order valence-electron chi connectivity index (χ0n) is 10.0. The Bertz CT molecular complexity index is 433. The molecule has 18 heavy (non-hydrogen) atoms. The number of anilines is 2. The summed E-state index contributed by atoms with van der Waals surface area (Å²) in [6, 6.07) is 0. The summed E-state index contributed by atoms with van der Waals surface area (Å²) in [7, 11) is 0. The second-order valence-electron chi connectivity index (χ2n) is 4.22. The van der Waals surface area contributed by atoms with Crippen LogP contribution >= 0.6 is 11.6 Å². The zero-order chi connectivity index (χ0) is 13.0. The minimum absolute atomic E-state index is 0.0591. The van der Waals surface area contributed by atoms with Gasteiger partial charge in [-0.25, -0.2) is 9.97 Å². The molecule has 0 radical (unpaired) electrons. The normalized spacial score (nSPS) is 15.5. The van der Waals surface area contributed by atoms with Crippen LogP contribution in [-0.4, -0.2) is 40.4 Å². The van der Waals surface area contributed by atoms with Crippen molar-refractivity contribution in [3.8, 4) is 0 Å². The van der Waals surface area contributed by atoms with Gasteiger partial charge < -0.3 is 16.0 Å². The predicted octanol–water partition coefficient (Wildman–Crippen LogP) is 1.14. The first-order valence-electron chi connectivity index (χ1n) is 5.96. The Kier molecular flexibility index (Phi) is 4.19. The molecule has 2 rings (SSSR count). The van der Waals surface area contributed by atoms with Gasteiger partial charge in [0.1, 0.15) is 12.0 Å². The van der Waals surface area contributed by atoms with Crippen molar-refractivity contribution in [2.45, 2.75) is 19.3 Å². The van der Waals surface area contributed by atoms with Crippen molar-refractivity contribution in [1.29, 1.82) is 0 Å². The van der Waals surface area contributed by atoms with Crippen LogP contribution in [0.5, 0.6) is 0 Å². The quantitative estimate of drug-likeness (QED) is 0.804. The van der Waals surface area contributed by atoms with Crippen LogP contribution in [0.3, 0.4) is 0 Å². The number of likely N-dealkylation sites (tertiary alicyclic amines) is 1. The van der Waals surface area contributed by atoms with Gasteiger partial charge in [-0.1, -0.05) is 11.6 Å². The van der Waals surface area contributed by atoms with Crippen molar-refractivity contribution in [2.24, 2.45) is 0 Å². The lowest BCUT2D eigenvalue weighted by atomic mass is 10.1. The highest BCUT2D eigenvalue weighted by Gasteiger charge is 2.16. The van der Waals surface area contributed by atoms with Crippen LogP contribution in [0, 0.1) is 0 Å². The van der Waals surface area contributed by atoms with E-state index in [9.17, 15) is 4.79 Å². The van der Waals surface area contributed by atoms with Gasteiger partial charge in [-0.3, -0.25) is 4.79 Å². The fourth-order valence-electron chi connectivity index (χ4n) is 1.93. The molecule has 2 heterocycles. The summed E-state index contributed by atoms with van der Waals surface area (Å²) in [4.78, 5) is 21.5. The van der Waals surface area contributed by atoms with Gasteiger partial charge in [0.05, 0.1) is 6.54 Å². The second kappa shape index (κ2) is 5.86. The van der Waals surface area contributed by atoms with Crippen molar-refractivity contribution in [3.05, 3.63) is 11.5 Å². The van der Waals surface area contributed by atoms with Crippen molar-refractivity contribution in [2.75, 3.05) is 30.7 Å². The van der Waals surface area contributed by atoms with Gasteiger partial charge in [0.2, 0.25) is 5.91 Å². The van der Waals surface area contributed by atoms with Crippen LogP contribution in [0.1, 0.15) is 19.3 Å². The van der Waals surface area contributed by atoms with Crippen LogP contribution in [-0.2, 0) is 4.79 Å². The number of nitrogens with zero attached hydrogens (tertiary/aromatic N) is 3. The molecule has 0 atom stereocenters. The average molecular weight is 270 g/mol. The van der Waals surface area contributed by atoms with Crippen LogP contribution in [0.4, 0.5) is 11.5 Å². The van der Waals surface area contributed by atoms with E-state index in [0.29, 0.717) is 5.82 Å². The first-order chi connectivity index (χ1) is 8.68. The molecular weight excluding hydrogens is 254 g/mol. The molecule has 0 bridgehead atoms. The SMILES string of the molecule is Nc1c(Cl)ncnc1NCC(=O)N1CCCCC1. The highest BCUT2D eigenvalue weighted by Crippen LogP contribution is 2.21. The smallest absolute Gasteiger partial charge is 0.241 e. The fourth-order valence-corrected chi connectivity index (χ4v) is 2.06. The lowest BCUT2D eigenvalue weighted by Crippen LogP contribution is -2.39. The molecule has 1 aliphatic heterocycles. The molecule has 6 nitrogen and oxygen atoms in total. The number of rotatable bonds is 3. The Balaban J connectivity index is 1.90. The van der Waals surface area contributed by atoms with Crippen molar-refractivity contribution < 1.29 is 4.79 Å². The van der Waals surface area contributed by atoms with E-state index in [-0.39, 0.29) is 23.3 Å². The Morgan fingerprint density at radius 3 is 2.83 bits per heavy atom. The summed E-state index contributed by atoms with van der Waals surface area (Å²) in [6.45, 7) is 1.85. The maximum atomic E-state index is 11.9. The first-order valence-corrected chi connectivity index (χ1v) is 6.34. The molecule has 0 aliphatic carbocycles. The molecule has 0 unspecified atom stereocenters. The standard InChI is InChI=1S/C11H16ClN5O/c12-10-9(13)11(16-7-15-10)14-6-8(18)17-4-2-1-3-5-17/h7H,1-6,13H2,(H,14,15,16). The van der Waals surface area contributed by atoms with Gasteiger partial charge in [-0.2, -0.15) is 0 Å². The van der Waals surface area contributed by atoms with Crippen LogP contribution in [0.15, 0.2) is 6.33 Å². The Morgan fingerprint density at radius 2 is 2.11 bits per heavy atom. The monoisotopic (exact) mass is 269 g/mol. The molecule has 1 amide bonds. The molecule has 1 saturated heterocycles. The largest absolute Gasteiger partial charge is 0.393 e. The molecule has 0 aromatic carbocycles. The molecule has 1 aromatic rings. The molecule has 1 aliphatic rings. The number of piperidine rings is 1. The average Bonchev–Trinajstić information content (AvgIpc) is 2.41. The van der Waals surface area contributed by atoms with Crippen LogP contribution < -0.4 is 11.1 Å².